The normalized spacial score (nSPS) is 16.9. The topological polar surface area (TPSA) is 36.4 Å². The summed E-state index contributed by atoms with van der Waals surface area (Å²) < 4.78 is 0. The number of hydrogen-bond donors (Lipinski definition) is 2. The molecule has 0 saturated heterocycles. The lowest BCUT2D eigenvalue weighted by molar-refractivity contribution is 0.136. The lowest BCUT2D eigenvalue weighted by Crippen LogP contribution is -2.47. The van der Waals surface area contributed by atoms with Crippen molar-refractivity contribution in [1.82, 2.24) is 10.6 Å². The summed E-state index contributed by atoms with van der Waals surface area (Å²) in [5.74, 6) is 0.971. The fourth-order valence-corrected chi connectivity index (χ4v) is 1.22. The zero-order valence-electron chi connectivity index (χ0n) is 11.2. The van der Waals surface area contributed by atoms with Gasteiger partial charge >= 0.3 is 0 Å². The number of nitrogens with one attached hydrogen (secondary N) is 2. The van der Waals surface area contributed by atoms with Crippen molar-refractivity contribution in [2.45, 2.75) is 41.0 Å². The van der Waals surface area contributed by atoms with Crippen LogP contribution >= 0.6 is 24.0 Å². The summed E-state index contributed by atoms with van der Waals surface area (Å²) in [6.07, 6.45) is 1.15. The lowest BCUT2D eigenvalue weighted by Gasteiger charge is -2.39. The van der Waals surface area contributed by atoms with E-state index in [9.17, 15) is 0 Å². The fourth-order valence-electron chi connectivity index (χ4n) is 1.22. The molecule has 0 aromatic heterocycles. The highest BCUT2D eigenvalue weighted by Crippen LogP contribution is 2.36. The molecule has 0 aliphatic carbocycles. The van der Waals surface area contributed by atoms with Crippen LogP contribution < -0.4 is 10.6 Å². The smallest absolute Gasteiger partial charge is 0.191 e. The minimum atomic E-state index is 0. The summed E-state index contributed by atoms with van der Waals surface area (Å²) in [6.45, 7) is 14.4. The van der Waals surface area contributed by atoms with E-state index < -0.39 is 0 Å². The Labute approximate surface area is 117 Å². The minimum Gasteiger partial charge on any atom is -0.356 e. The number of rotatable bonds is 2. The second-order valence-corrected chi connectivity index (χ2v) is 6.00. The van der Waals surface area contributed by atoms with E-state index in [0.29, 0.717) is 5.41 Å². The first-order valence-corrected chi connectivity index (χ1v) is 5.85. The Hall–Kier alpha value is 0. The molecule has 1 rings (SSSR count). The van der Waals surface area contributed by atoms with Gasteiger partial charge in [-0.15, -0.1) is 24.0 Å². The monoisotopic (exact) mass is 339 g/mol. The fraction of sp³-hybridized carbons (Fsp3) is 0.917. The predicted molar refractivity (Wildman–Crippen MR) is 81.6 cm³/mol. The molecule has 3 nitrogen and oxygen atoms in total. The molecule has 0 spiro atoms. The molecule has 0 atom stereocenters. The van der Waals surface area contributed by atoms with Gasteiger partial charge in [-0.3, -0.25) is 4.99 Å². The summed E-state index contributed by atoms with van der Waals surface area (Å²) in [5.41, 5.74) is 0.559. The van der Waals surface area contributed by atoms with Crippen molar-refractivity contribution in [2.24, 2.45) is 15.8 Å². The third-order valence-electron chi connectivity index (χ3n) is 3.63. The van der Waals surface area contributed by atoms with Crippen LogP contribution in [0.1, 0.15) is 41.0 Å². The molecule has 0 aromatic rings. The molecule has 1 heterocycles. The Morgan fingerprint density at radius 3 is 2.31 bits per heavy atom. The Bertz CT molecular complexity index is 241. The van der Waals surface area contributed by atoms with Crippen molar-refractivity contribution in [1.29, 1.82) is 0 Å². The molecule has 0 fully saturated rings. The van der Waals surface area contributed by atoms with E-state index in [2.05, 4.69) is 50.2 Å². The van der Waals surface area contributed by atoms with E-state index >= 15 is 0 Å². The molecule has 0 radical (unpaired) electrons. The number of hydrogen-bond acceptors (Lipinski definition) is 3. The zero-order valence-corrected chi connectivity index (χ0v) is 13.5. The number of aliphatic imine (C=N–C) groups is 1. The maximum Gasteiger partial charge on any atom is 0.191 e. The Morgan fingerprint density at radius 2 is 1.88 bits per heavy atom. The third kappa shape index (κ3) is 4.47. The second-order valence-electron chi connectivity index (χ2n) is 6.00. The van der Waals surface area contributed by atoms with Crippen LogP contribution in [0.4, 0.5) is 0 Å². The number of guanidine groups is 1. The van der Waals surface area contributed by atoms with Crippen LogP contribution in [0, 0.1) is 10.8 Å². The van der Waals surface area contributed by atoms with Gasteiger partial charge in [0.2, 0.25) is 0 Å². The first kappa shape index (κ1) is 16.0. The van der Waals surface area contributed by atoms with Crippen molar-refractivity contribution >= 4 is 29.9 Å². The molecule has 0 unspecified atom stereocenters. The van der Waals surface area contributed by atoms with Gasteiger partial charge in [-0.1, -0.05) is 34.6 Å². The van der Waals surface area contributed by atoms with Gasteiger partial charge < -0.3 is 10.6 Å². The molecule has 2 N–H and O–H groups in total. The molecular formula is C12H26IN3. The maximum absolute atomic E-state index is 4.41. The molecule has 0 bridgehead atoms. The maximum atomic E-state index is 4.41. The predicted octanol–water partition coefficient (Wildman–Crippen LogP) is 2.62. The third-order valence-corrected chi connectivity index (χ3v) is 3.63. The standard InChI is InChI=1S/C12H25N3.HI/c1-11(2,3)12(4,5)9-15-10-13-7-6-8-14-10;/h6-9H2,1-5H3,(H2,13,14,15);1H. The van der Waals surface area contributed by atoms with E-state index in [0.717, 1.165) is 32.0 Å². The molecule has 0 amide bonds. The Balaban J connectivity index is 0.00000225. The van der Waals surface area contributed by atoms with Gasteiger partial charge in [-0.25, -0.2) is 0 Å². The summed E-state index contributed by atoms with van der Waals surface area (Å²) in [5, 5.41) is 6.69. The molecule has 0 aromatic carbocycles. The highest BCUT2D eigenvalue weighted by molar-refractivity contribution is 14.0. The highest BCUT2D eigenvalue weighted by Gasteiger charge is 2.32. The van der Waals surface area contributed by atoms with Crippen LogP contribution in [-0.2, 0) is 0 Å². The van der Waals surface area contributed by atoms with Crippen LogP contribution in [0.5, 0.6) is 0 Å². The average molecular weight is 339 g/mol. The van der Waals surface area contributed by atoms with Crippen molar-refractivity contribution in [3.8, 4) is 0 Å². The highest BCUT2D eigenvalue weighted by atomic mass is 127. The van der Waals surface area contributed by atoms with Crippen molar-refractivity contribution in [2.75, 3.05) is 19.6 Å². The summed E-state index contributed by atoms with van der Waals surface area (Å²) in [7, 11) is 0. The quantitative estimate of drug-likeness (QED) is 0.759. The van der Waals surface area contributed by atoms with Gasteiger partial charge in [-0.05, 0) is 17.3 Å². The minimum absolute atomic E-state index is 0. The SMILES string of the molecule is CC(C)(C)C(C)(C)CNC1=NCCCN1.I. The molecular weight excluding hydrogens is 313 g/mol. The molecule has 0 saturated carbocycles. The van der Waals surface area contributed by atoms with E-state index in [1.54, 1.807) is 0 Å². The summed E-state index contributed by atoms with van der Waals surface area (Å²) in [4.78, 5) is 4.41. The molecule has 1 aliphatic rings. The van der Waals surface area contributed by atoms with Crippen LogP contribution in [0.2, 0.25) is 0 Å². The van der Waals surface area contributed by atoms with Crippen molar-refractivity contribution in [3.63, 3.8) is 0 Å². The first-order chi connectivity index (χ1) is 6.83. The number of halogens is 1. The van der Waals surface area contributed by atoms with Gasteiger partial charge in [0, 0.05) is 19.6 Å². The van der Waals surface area contributed by atoms with Crippen LogP contribution in [0.15, 0.2) is 4.99 Å². The Kier molecular flexibility index (Phi) is 6.07. The van der Waals surface area contributed by atoms with Crippen LogP contribution in [-0.4, -0.2) is 25.6 Å². The molecule has 16 heavy (non-hydrogen) atoms. The van der Waals surface area contributed by atoms with Crippen molar-refractivity contribution < 1.29 is 0 Å². The number of nitrogens with zero attached hydrogens (tertiary/aromatic N) is 1. The second kappa shape index (κ2) is 6.07. The van der Waals surface area contributed by atoms with Gasteiger partial charge in [0.15, 0.2) is 5.96 Å². The molecule has 96 valence electrons. The lowest BCUT2D eigenvalue weighted by atomic mass is 9.69. The van der Waals surface area contributed by atoms with Gasteiger partial charge in [0.25, 0.3) is 0 Å². The van der Waals surface area contributed by atoms with Crippen LogP contribution in [0.3, 0.4) is 0 Å². The van der Waals surface area contributed by atoms with E-state index in [4.69, 9.17) is 0 Å². The van der Waals surface area contributed by atoms with Gasteiger partial charge in [-0.2, -0.15) is 0 Å². The Morgan fingerprint density at radius 1 is 1.25 bits per heavy atom. The van der Waals surface area contributed by atoms with Crippen molar-refractivity contribution in [3.05, 3.63) is 0 Å². The molecule has 4 heteroatoms. The van der Waals surface area contributed by atoms with Gasteiger partial charge in [0.05, 0.1) is 0 Å². The van der Waals surface area contributed by atoms with E-state index in [-0.39, 0.29) is 29.4 Å². The molecule has 1 aliphatic heterocycles. The first-order valence-electron chi connectivity index (χ1n) is 5.85. The van der Waals surface area contributed by atoms with Crippen LogP contribution in [0.25, 0.3) is 0 Å². The van der Waals surface area contributed by atoms with Gasteiger partial charge in [0.1, 0.15) is 0 Å². The van der Waals surface area contributed by atoms with E-state index in [1.807, 2.05) is 0 Å². The zero-order chi connectivity index (χ0) is 11.5. The largest absolute Gasteiger partial charge is 0.356 e. The average Bonchev–Trinajstić information content (AvgIpc) is 2.15. The summed E-state index contributed by atoms with van der Waals surface area (Å²) >= 11 is 0. The van der Waals surface area contributed by atoms with E-state index in [1.165, 1.54) is 0 Å². The summed E-state index contributed by atoms with van der Waals surface area (Å²) in [6, 6.07) is 0.